The molecule has 0 unspecified atom stereocenters. The molecule has 0 atom stereocenters. The summed E-state index contributed by atoms with van der Waals surface area (Å²) in [5.41, 5.74) is 10.5. The highest BCUT2D eigenvalue weighted by Crippen LogP contribution is 1.79. The molecule has 0 heterocycles. The Hall–Kier alpha value is -0.960. The molecule has 5 N–H and O–H groups in total. The molecular formula is C7H16N2O. The molecule has 0 radical (unpaired) electrons. The number of allylic oxidation sites excluding steroid dienone is 2. The van der Waals surface area contributed by atoms with Gasteiger partial charge in [0, 0.05) is 5.70 Å². The van der Waals surface area contributed by atoms with Crippen LogP contribution >= 0.6 is 0 Å². The predicted molar refractivity (Wildman–Crippen MR) is 44.0 cm³/mol. The maximum absolute atomic E-state index is 8.29. The SMILES string of the molecule is CC.N/C=C\C=C(/N)CO. The molecule has 10 heavy (non-hydrogen) atoms. The number of aliphatic hydroxyl groups is 1. The molecule has 0 aromatic carbocycles. The number of rotatable bonds is 2. The highest BCUT2D eigenvalue weighted by atomic mass is 16.3. The summed E-state index contributed by atoms with van der Waals surface area (Å²) in [7, 11) is 0. The molecule has 0 saturated carbocycles. The number of aliphatic hydroxyl groups excluding tert-OH is 1. The smallest absolute Gasteiger partial charge is 0.0825 e. The van der Waals surface area contributed by atoms with Crippen molar-refractivity contribution >= 4 is 0 Å². The summed E-state index contributed by atoms with van der Waals surface area (Å²) >= 11 is 0. The van der Waals surface area contributed by atoms with E-state index in [1.165, 1.54) is 6.20 Å². The van der Waals surface area contributed by atoms with Crippen molar-refractivity contribution in [3.63, 3.8) is 0 Å². The zero-order valence-electron chi connectivity index (χ0n) is 6.54. The van der Waals surface area contributed by atoms with Crippen molar-refractivity contribution in [3.8, 4) is 0 Å². The fourth-order valence-corrected chi connectivity index (χ4v) is 0.232. The Balaban J connectivity index is 0. The fourth-order valence-electron chi connectivity index (χ4n) is 0.232. The Morgan fingerprint density at radius 3 is 2.30 bits per heavy atom. The Morgan fingerprint density at radius 1 is 1.50 bits per heavy atom. The van der Waals surface area contributed by atoms with Crippen molar-refractivity contribution in [2.24, 2.45) is 11.5 Å². The van der Waals surface area contributed by atoms with Crippen LogP contribution in [0.5, 0.6) is 0 Å². The lowest BCUT2D eigenvalue weighted by Crippen LogP contribution is -2.00. The Morgan fingerprint density at radius 2 is 2.00 bits per heavy atom. The molecule has 0 amide bonds. The van der Waals surface area contributed by atoms with Crippen LogP contribution in [0, 0.1) is 0 Å². The van der Waals surface area contributed by atoms with Gasteiger partial charge in [-0.25, -0.2) is 0 Å². The van der Waals surface area contributed by atoms with Crippen LogP contribution in [0.15, 0.2) is 24.0 Å². The summed E-state index contributed by atoms with van der Waals surface area (Å²) in [6.07, 6.45) is 4.45. The molecule has 0 fully saturated rings. The minimum atomic E-state index is -0.121. The monoisotopic (exact) mass is 144 g/mol. The highest BCUT2D eigenvalue weighted by molar-refractivity contribution is 5.08. The maximum Gasteiger partial charge on any atom is 0.0825 e. The van der Waals surface area contributed by atoms with Gasteiger partial charge in [-0.1, -0.05) is 13.8 Å². The van der Waals surface area contributed by atoms with E-state index in [1.54, 1.807) is 12.2 Å². The summed E-state index contributed by atoms with van der Waals surface area (Å²) in [5, 5.41) is 8.29. The van der Waals surface area contributed by atoms with Crippen LogP contribution < -0.4 is 11.5 Å². The topological polar surface area (TPSA) is 72.3 Å². The van der Waals surface area contributed by atoms with E-state index in [0.29, 0.717) is 5.70 Å². The van der Waals surface area contributed by atoms with Gasteiger partial charge in [-0.15, -0.1) is 0 Å². The molecule has 0 bridgehead atoms. The van der Waals surface area contributed by atoms with Crippen molar-refractivity contribution in [1.29, 1.82) is 0 Å². The molecule has 3 heteroatoms. The van der Waals surface area contributed by atoms with Crippen LogP contribution in [0.25, 0.3) is 0 Å². The maximum atomic E-state index is 8.29. The predicted octanol–water partition coefficient (Wildman–Crippen LogP) is 0.320. The molecule has 0 rings (SSSR count). The first kappa shape index (κ1) is 11.8. The van der Waals surface area contributed by atoms with Gasteiger partial charge in [0.2, 0.25) is 0 Å². The van der Waals surface area contributed by atoms with Crippen LogP contribution in [0.1, 0.15) is 13.8 Å². The van der Waals surface area contributed by atoms with Crippen molar-refractivity contribution in [1.82, 2.24) is 0 Å². The van der Waals surface area contributed by atoms with E-state index in [-0.39, 0.29) is 6.61 Å². The highest BCUT2D eigenvalue weighted by Gasteiger charge is 1.77. The minimum absolute atomic E-state index is 0.121. The number of hydrogen-bond acceptors (Lipinski definition) is 3. The molecule has 0 aromatic rings. The zero-order chi connectivity index (χ0) is 8.41. The Labute approximate surface area is 62.0 Å². The van der Waals surface area contributed by atoms with Crippen molar-refractivity contribution < 1.29 is 5.11 Å². The molecule has 0 aliphatic carbocycles. The van der Waals surface area contributed by atoms with Gasteiger partial charge in [0.15, 0.2) is 0 Å². The summed E-state index contributed by atoms with van der Waals surface area (Å²) in [6.45, 7) is 3.88. The van der Waals surface area contributed by atoms with Crippen LogP contribution in [-0.2, 0) is 0 Å². The third kappa shape index (κ3) is 10.1. The summed E-state index contributed by atoms with van der Waals surface area (Å²) in [5.74, 6) is 0. The van der Waals surface area contributed by atoms with Crippen molar-refractivity contribution in [2.75, 3.05) is 6.61 Å². The van der Waals surface area contributed by atoms with Crippen LogP contribution in [-0.4, -0.2) is 11.7 Å². The molecule has 0 aliphatic rings. The number of nitrogens with two attached hydrogens (primary N) is 2. The molecule has 0 aromatic heterocycles. The van der Waals surface area contributed by atoms with Gasteiger partial charge in [-0.05, 0) is 18.4 Å². The Bertz CT molecular complexity index is 108. The minimum Gasteiger partial charge on any atom is -0.405 e. The van der Waals surface area contributed by atoms with Gasteiger partial charge in [0.25, 0.3) is 0 Å². The van der Waals surface area contributed by atoms with Gasteiger partial charge < -0.3 is 16.6 Å². The lowest BCUT2D eigenvalue weighted by atomic mass is 10.4. The van der Waals surface area contributed by atoms with Gasteiger partial charge in [-0.3, -0.25) is 0 Å². The van der Waals surface area contributed by atoms with Gasteiger partial charge in [0.1, 0.15) is 0 Å². The first-order valence-electron chi connectivity index (χ1n) is 3.25. The zero-order valence-corrected chi connectivity index (χ0v) is 6.54. The second-order valence-electron chi connectivity index (χ2n) is 1.28. The van der Waals surface area contributed by atoms with E-state index < -0.39 is 0 Å². The molecule has 0 aliphatic heterocycles. The van der Waals surface area contributed by atoms with Crippen LogP contribution in [0.4, 0.5) is 0 Å². The van der Waals surface area contributed by atoms with Gasteiger partial charge in [-0.2, -0.15) is 0 Å². The summed E-state index contributed by atoms with van der Waals surface area (Å²) < 4.78 is 0. The second-order valence-corrected chi connectivity index (χ2v) is 1.28. The first-order valence-corrected chi connectivity index (χ1v) is 3.25. The lowest BCUT2D eigenvalue weighted by molar-refractivity contribution is 0.330. The summed E-state index contributed by atoms with van der Waals surface area (Å²) in [4.78, 5) is 0. The quantitative estimate of drug-likeness (QED) is 0.489. The van der Waals surface area contributed by atoms with E-state index in [9.17, 15) is 0 Å². The van der Waals surface area contributed by atoms with E-state index >= 15 is 0 Å². The first-order chi connectivity index (χ1) is 4.81. The normalized spacial score (nSPS) is 10.9. The Kier molecular flexibility index (Phi) is 12.9. The second kappa shape index (κ2) is 10.9. The van der Waals surface area contributed by atoms with Gasteiger partial charge in [0.05, 0.1) is 6.61 Å². The average Bonchev–Trinajstić information content (AvgIpc) is 2.04. The summed E-state index contributed by atoms with van der Waals surface area (Å²) in [6, 6.07) is 0. The third-order valence-electron chi connectivity index (χ3n) is 0.604. The largest absolute Gasteiger partial charge is 0.405 e. The van der Waals surface area contributed by atoms with Crippen molar-refractivity contribution in [3.05, 3.63) is 24.0 Å². The average molecular weight is 144 g/mol. The number of hydrogen-bond donors (Lipinski definition) is 3. The lowest BCUT2D eigenvalue weighted by Gasteiger charge is -1.87. The van der Waals surface area contributed by atoms with E-state index in [4.69, 9.17) is 16.6 Å². The van der Waals surface area contributed by atoms with Crippen molar-refractivity contribution in [2.45, 2.75) is 13.8 Å². The fraction of sp³-hybridized carbons (Fsp3) is 0.429. The molecule has 0 saturated heterocycles. The van der Waals surface area contributed by atoms with E-state index in [1.807, 2.05) is 13.8 Å². The molecule has 0 spiro atoms. The standard InChI is InChI=1S/C5H10N2O.C2H6/c6-3-1-2-5(7)4-8;1-2/h1-3,8H,4,6-7H2;1-2H3/b3-1-,5-2-;. The molecule has 3 nitrogen and oxygen atoms in total. The molecular weight excluding hydrogens is 128 g/mol. The third-order valence-corrected chi connectivity index (χ3v) is 0.604. The van der Waals surface area contributed by atoms with E-state index in [0.717, 1.165) is 0 Å². The molecule has 60 valence electrons. The van der Waals surface area contributed by atoms with Crippen LogP contribution in [0.2, 0.25) is 0 Å². The van der Waals surface area contributed by atoms with Crippen LogP contribution in [0.3, 0.4) is 0 Å². The van der Waals surface area contributed by atoms with Gasteiger partial charge >= 0.3 is 0 Å². The van der Waals surface area contributed by atoms with E-state index in [2.05, 4.69) is 0 Å².